The van der Waals surface area contributed by atoms with Crippen LogP contribution in [0.25, 0.3) is 5.65 Å². The van der Waals surface area contributed by atoms with E-state index in [1.54, 1.807) is 4.40 Å². The van der Waals surface area contributed by atoms with Crippen LogP contribution in [0.5, 0.6) is 0 Å². The summed E-state index contributed by atoms with van der Waals surface area (Å²) in [6, 6.07) is 15.3. The molecule has 0 fully saturated rings. The van der Waals surface area contributed by atoms with E-state index in [2.05, 4.69) is 10.3 Å². The zero-order valence-electron chi connectivity index (χ0n) is 16.5. The number of pyridine rings is 1. The van der Waals surface area contributed by atoms with E-state index < -0.39 is 0 Å². The number of hydrogen-bond acceptors (Lipinski definition) is 4. The van der Waals surface area contributed by atoms with Crippen LogP contribution in [0.2, 0.25) is 0 Å². The molecule has 5 rings (SSSR count). The molecule has 1 aliphatic heterocycles. The molecule has 0 atom stereocenters. The molecule has 7 heteroatoms. The highest BCUT2D eigenvalue weighted by Crippen LogP contribution is 2.25. The van der Waals surface area contributed by atoms with Crippen LogP contribution in [0.15, 0.2) is 60.1 Å². The quantitative estimate of drug-likeness (QED) is 0.545. The van der Waals surface area contributed by atoms with Crippen LogP contribution in [-0.2, 0) is 13.0 Å². The molecule has 0 unspecified atom stereocenters. The third-order valence-corrected chi connectivity index (χ3v) is 6.27. The summed E-state index contributed by atoms with van der Waals surface area (Å²) in [7, 11) is 0. The van der Waals surface area contributed by atoms with Gasteiger partial charge in [-0.05, 0) is 60.2 Å². The molecule has 0 bridgehead atoms. The minimum Gasteiger partial charge on any atom is -0.333 e. The van der Waals surface area contributed by atoms with Gasteiger partial charge in [0.05, 0.1) is 10.6 Å². The first kappa shape index (κ1) is 18.6. The van der Waals surface area contributed by atoms with Gasteiger partial charge in [-0.1, -0.05) is 18.2 Å². The third kappa shape index (κ3) is 3.27. The van der Waals surface area contributed by atoms with Gasteiger partial charge in [-0.2, -0.15) is 0 Å². The lowest BCUT2D eigenvalue weighted by molar-refractivity contribution is 0.0739. The lowest BCUT2D eigenvalue weighted by Crippen LogP contribution is -2.35. The van der Waals surface area contributed by atoms with Gasteiger partial charge in [0.15, 0.2) is 0 Å². The number of rotatable bonds is 3. The monoisotopic (exact) mass is 416 g/mol. The number of imidazole rings is 1. The number of carbonyl (C=O) groups is 2. The van der Waals surface area contributed by atoms with Gasteiger partial charge >= 0.3 is 0 Å². The molecule has 0 saturated carbocycles. The molecule has 1 N–H and O–H groups in total. The summed E-state index contributed by atoms with van der Waals surface area (Å²) in [5, 5.41) is 4.92. The van der Waals surface area contributed by atoms with Gasteiger partial charge in [0, 0.05) is 25.0 Å². The largest absolute Gasteiger partial charge is 0.333 e. The Morgan fingerprint density at radius 1 is 1.10 bits per heavy atom. The number of anilines is 1. The Labute approximate surface area is 177 Å². The predicted octanol–water partition coefficient (Wildman–Crippen LogP) is 4.16. The molecule has 30 heavy (non-hydrogen) atoms. The van der Waals surface area contributed by atoms with Crippen LogP contribution < -0.4 is 5.32 Å². The van der Waals surface area contributed by atoms with E-state index in [1.807, 2.05) is 71.9 Å². The van der Waals surface area contributed by atoms with Crippen molar-refractivity contribution in [3.05, 3.63) is 87.5 Å². The number of aryl methyl sites for hydroxylation is 1. The van der Waals surface area contributed by atoms with Crippen molar-refractivity contribution in [2.45, 2.75) is 19.9 Å². The van der Waals surface area contributed by atoms with Crippen molar-refractivity contribution in [2.24, 2.45) is 0 Å². The van der Waals surface area contributed by atoms with Crippen molar-refractivity contribution < 1.29 is 9.59 Å². The normalized spacial score (nSPS) is 13.3. The highest BCUT2D eigenvalue weighted by molar-refractivity contribution is 7.12. The van der Waals surface area contributed by atoms with Gasteiger partial charge in [0.2, 0.25) is 0 Å². The Morgan fingerprint density at radius 2 is 2.00 bits per heavy atom. The lowest BCUT2D eigenvalue weighted by Gasteiger charge is -2.29. The first-order chi connectivity index (χ1) is 14.6. The van der Waals surface area contributed by atoms with Gasteiger partial charge in [0.25, 0.3) is 11.8 Å². The molecule has 2 amide bonds. The van der Waals surface area contributed by atoms with Gasteiger partial charge in [0.1, 0.15) is 11.3 Å². The summed E-state index contributed by atoms with van der Waals surface area (Å²) in [4.78, 5) is 32.8. The van der Waals surface area contributed by atoms with Crippen molar-refractivity contribution >= 4 is 34.5 Å². The number of benzene rings is 1. The van der Waals surface area contributed by atoms with Crippen molar-refractivity contribution in [1.82, 2.24) is 14.3 Å². The average molecular weight is 417 g/mol. The smallest absolute Gasteiger partial charge is 0.274 e. The Bertz CT molecular complexity index is 1260. The SMILES string of the molecule is Cc1nc2ccccn2c1C(=O)Nc1ccc2c(c1)CN(C(=O)c1cccs1)CC2. The molecule has 0 aliphatic carbocycles. The van der Waals surface area contributed by atoms with E-state index in [0.717, 1.165) is 28.2 Å². The van der Waals surface area contributed by atoms with Gasteiger partial charge in [-0.3, -0.25) is 14.0 Å². The molecule has 1 aliphatic rings. The second kappa shape index (κ2) is 7.42. The fourth-order valence-corrected chi connectivity index (χ4v) is 4.63. The minimum atomic E-state index is -0.200. The lowest BCUT2D eigenvalue weighted by atomic mass is 9.99. The molecule has 150 valence electrons. The van der Waals surface area contributed by atoms with E-state index in [4.69, 9.17) is 0 Å². The predicted molar refractivity (Wildman–Crippen MR) is 117 cm³/mol. The highest BCUT2D eigenvalue weighted by Gasteiger charge is 2.23. The van der Waals surface area contributed by atoms with Crippen molar-refractivity contribution in [3.8, 4) is 0 Å². The van der Waals surface area contributed by atoms with E-state index in [-0.39, 0.29) is 11.8 Å². The number of aromatic nitrogens is 2. The topological polar surface area (TPSA) is 66.7 Å². The van der Waals surface area contributed by atoms with E-state index in [9.17, 15) is 9.59 Å². The summed E-state index contributed by atoms with van der Waals surface area (Å²) in [6.45, 7) is 3.09. The fourth-order valence-electron chi connectivity index (χ4n) is 3.94. The molecule has 0 saturated heterocycles. The molecule has 0 radical (unpaired) electrons. The molecule has 6 nitrogen and oxygen atoms in total. The molecule has 0 spiro atoms. The molecule has 1 aromatic carbocycles. The van der Waals surface area contributed by atoms with Crippen molar-refractivity contribution in [2.75, 3.05) is 11.9 Å². The molecular formula is C23H20N4O2S. The number of nitrogens with zero attached hydrogens (tertiary/aromatic N) is 3. The maximum Gasteiger partial charge on any atom is 0.274 e. The standard InChI is InChI=1S/C23H20N4O2S/c1-15-21(27-10-3-2-6-20(27)24-15)22(28)25-18-8-7-16-9-11-26(14-17(16)13-18)23(29)19-5-4-12-30-19/h2-8,10,12-13H,9,11,14H2,1H3,(H,25,28). The van der Waals surface area contributed by atoms with Crippen LogP contribution >= 0.6 is 11.3 Å². The first-order valence-corrected chi connectivity index (χ1v) is 10.7. The summed E-state index contributed by atoms with van der Waals surface area (Å²) in [6.07, 6.45) is 2.65. The summed E-state index contributed by atoms with van der Waals surface area (Å²) >= 11 is 1.46. The number of thiophene rings is 1. The Hall–Kier alpha value is -3.45. The van der Waals surface area contributed by atoms with Crippen LogP contribution in [0.1, 0.15) is 37.0 Å². The van der Waals surface area contributed by atoms with Crippen molar-refractivity contribution in [1.29, 1.82) is 0 Å². The second-order valence-electron chi connectivity index (χ2n) is 7.37. The highest BCUT2D eigenvalue weighted by atomic mass is 32.1. The van der Waals surface area contributed by atoms with Crippen LogP contribution in [0.4, 0.5) is 5.69 Å². The molecule has 4 aromatic rings. The zero-order valence-corrected chi connectivity index (χ0v) is 17.3. The minimum absolute atomic E-state index is 0.0615. The molecule has 4 heterocycles. The van der Waals surface area contributed by atoms with E-state index in [1.165, 1.54) is 16.9 Å². The number of fused-ring (bicyclic) bond motifs is 2. The van der Waals surface area contributed by atoms with Crippen LogP contribution in [0, 0.1) is 6.92 Å². The average Bonchev–Trinajstić information content (AvgIpc) is 3.40. The number of hydrogen-bond donors (Lipinski definition) is 1. The Balaban J connectivity index is 1.38. The number of amides is 2. The summed E-state index contributed by atoms with van der Waals surface area (Å²) in [5.74, 6) is -0.139. The molecule has 3 aromatic heterocycles. The zero-order chi connectivity index (χ0) is 20.7. The maximum absolute atomic E-state index is 13.0. The molecular weight excluding hydrogens is 396 g/mol. The van der Waals surface area contributed by atoms with E-state index >= 15 is 0 Å². The third-order valence-electron chi connectivity index (χ3n) is 5.41. The first-order valence-electron chi connectivity index (χ1n) is 9.80. The van der Waals surface area contributed by atoms with Crippen LogP contribution in [-0.4, -0.2) is 32.6 Å². The fraction of sp³-hybridized carbons (Fsp3) is 0.174. The van der Waals surface area contributed by atoms with E-state index in [0.29, 0.717) is 24.5 Å². The van der Waals surface area contributed by atoms with Gasteiger partial charge in [-0.15, -0.1) is 11.3 Å². The van der Waals surface area contributed by atoms with Crippen molar-refractivity contribution in [3.63, 3.8) is 0 Å². The van der Waals surface area contributed by atoms with Gasteiger partial charge in [-0.25, -0.2) is 4.98 Å². The second-order valence-corrected chi connectivity index (χ2v) is 8.31. The summed E-state index contributed by atoms with van der Waals surface area (Å²) in [5.41, 5.74) is 4.96. The Kier molecular flexibility index (Phi) is 4.59. The summed E-state index contributed by atoms with van der Waals surface area (Å²) < 4.78 is 1.80. The van der Waals surface area contributed by atoms with Gasteiger partial charge < -0.3 is 10.2 Å². The maximum atomic E-state index is 13.0. The number of nitrogens with one attached hydrogen (secondary N) is 1. The Morgan fingerprint density at radius 3 is 2.83 bits per heavy atom. The van der Waals surface area contributed by atoms with Crippen LogP contribution in [0.3, 0.4) is 0 Å². The number of carbonyl (C=O) groups excluding carboxylic acids is 2.